The van der Waals surface area contributed by atoms with Crippen LogP contribution in [0.2, 0.25) is 0 Å². The molecule has 2 heterocycles. The number of aromatic nitrogens is 1. The lowest BCUT2D eigenvalue weighted by Crippen LogP contribution is -2.29. The maximum absolute atomic E-state index is 3.38. The summed E-state index contributed by atoms with van der Waals surface area (Å²) >= 11 is 0. The monoisotopic (exact) mass is 286 g/mol. The van der Waals surface area contributed by atoms with E-state index in [1.807, 2.05) is 0 Å². The van der Waals surface area contributed by atoms with E-state index < -0.39 is 0 Å². The third kappa shape index (κ3) is 2.82. The molecule has 4 heteroatoms. The van der Waals surface area contributed by atoms with Gasteiger partial charge in [-0.3, -0.25) is 0 Å². The maximum Gasteiger partial charge on any atom is 0.0456 e. The normalized spacial score (nSPS) is 17.2. The molecule has 0 unspecified atom stereocenters. The number of fused-ring (bicyclic) bond motifs is 1. The van der Waals surface area contributed by atoms with E-state index in [2.05, 4.69) is 47.4 Å². The van der Waals surface area contributed by atoms with Gasteiger partial charge in [-0.05, 0) is 50.5 Å². The van der Waals surface area contributed by atoms with Crippen molar-refractivity contribution in [3.8, 4) is 0 Å². The zero-order valence-corrected chi connectivity index (χ0v) is 12.2. The fraction of sp³-hybridized carbons (Fsp3) is 0.429. The summed E-state index contributed by atoms with van der Waals surface area (Å²) in [7, 11) is 2.21. The van der Waals surface area contributed by atoms with Crippen LogP contribution in [0.3, 0.4) is 0 Å². The fourth-order valence-electron chi connectivity index (χ4n) is 2.75. The average molecular weight is 287 g/mol. The van der Waals surface area contributed by atoms with Crippen LogP contribution in [-0.2, 0) is 0 Å². The molecule has 1 N–H and O–H groups in total. The molecule has 1 aliphatic rings. The zero-order valence-electron chi connectivity index (χ0n) is 10.6. The summed E-state index contributed by atoms with van der Waals surface area (Å²) in [6.07, 6.45) is 4.79. The van der Waals surface area contributed by atoms with Crippen molar-refractivity contribution in [2.45, 2.75) is 18.8 Å². The van der Waals surface area contributed by atoms with Gasteiger partial charge in [-0.15, -0.1) is 24.8 Å². The molecular weight excluding hydrogens is 267 g/mol. The molecule has 0 radical (unpaired) electrons. The van der Waals surface area contributed by atoms with Crippen LogP contribution in [0, 0.1) is 0 Å². The average Bonchev–Trinajstić information content (AvgIpc) is 2.74. The number of rotatable bonds is 1. The van der Waals surface area contributed by atoms with E-state index in [9.17, 15) is 0 Å². The number of halogens is 2. The number of hydrogen-bond acceptors (Lipinski definition) is 1. The number of piperidine rings is 1. The van der Waals surface area contributed by atoms with Gasteiger partial charge in [-0.2, -0.15) is 0 Å². The van der Waals surface area contributed by atoms with Crippen LogP contribution in [0.25, 0.3) is 10.9 Å². The van der Waals surface area contributed by atoms with Gasteiger partial charge in [0, 0.05) is 17.1 Å². The molecule has 1 aromatic carbocycles. The molecule has 1 saturated heterocycles. The van der Waals surface area contributed by atoms with E-state index >= 15 is 0 Å². The lowest BCUT2D eigenvalue weighted by Gasteiger charge is -2.28. The minimum atomic E-state index is 0. The van der Waals surface area contributed by atoms with Crippen molar-refractivity contribution in [1.29, 1.82) is 0 Å². The van der Waals surface area contributed by atoms with Crippen LogP contribution in [0.4, 0.5) is 0 Å². The van der Waals surface area contributed by atoms with Gasteiger partial charge in [0.25, 0.3) is 0 Å². The first kappa shape index (κ1) is 15.4. The minimum absolute atomic E-state index is 0. The van der Waals surface area contributed by atoms with Gasteiger partial charge in [-0.25, -0.2) is 0 Å². The molecule has 2 nitrogen and oxygen atoms in total. The van der Waals surface area contributed by atoms with E-state index in [-0.39, 0.29) is 24.8 Å². The molecule has 0 atom stereocenters. The molecule has 0 bridgehead atoms. The van der Waals surface area contributed by atoms with Crippen molar-refractivity contribution >= 4 is 35.7 Å². The number of benzene rings is 1. The predicted molar refractivity (Wildman–Crippen MR) is 82.3 cm³/mol. The number of hydrogen-bond donors (Lipinski definition) is 1. The van der Waals surface area contributed by atoms with Gasteiger partial charge in [0.1, 0.15) is 0 Å². The van der Waals surface area contributed by atoms with Crippen LogP contribution in [0.15, 0.2) is 30.5 Å². The summed E-state index contributed by atoms with van der Waals surface area (Å²) < 4.78 is 0. The third-order valence-corrected chi connectivity index (χ3v) is 3.78. The van der Waals surface area contributed by atoms with Crippen LogP contribution >= 0.6 is 24.8 Å². The Labute approximate surface area is 121 Å². The molecule has 2 aromatic rings. The Hall–Kier alpha value is -0.700. The minimum Gasteiger partial charge on any atom is -0.361 e. The lowest BCUT2D eigenvalue weighted by molar-refractivity contribution is 0.256. The summed E-state index contributed by atoms with van der Waals surface area (Å²) in [6, 6.07) is 8.62. The van der Waals surface area contributed by atoms with Crippen LogP contribution in [0.5, 0.6) is 0 Å². The zero-order chi connectivity index (χ0) is 11.0. The highest BCUT2D eigenvalue weighted by Gasteiger charge is 2.20. The SMILES string of the molecule is CN1CCC(c2c[nH]c3ccccc23)CC1.Cl.Cl. The van der Waals surface area contributed by atoms with Crippen molar-refractivity contribution in [2.24, 2.45) is 0 Å². The van der Waals surface area contributed by atoms with Crippen molar-refractivity contribution in [1.82, 2.24) is 9.88 Å². The quantitative estimate of drug-likeness (QED) is 0.844. The van der Waals surface area contributed by atoms with Crippen LogP contribution in [-0.4, -0.2) is 30.0 Å². The molecule has 0 amide bonds. The molecule has 18 heavy (non-hydrogen) atoms. The molecule has 1 aromatic heterocycles. The predicted octanol–water partition coefficient (Wildman–Crippen LogP) is 3.82. The second kappa shape index (κ2) is 6.46. The molecule has 100 valence electrons. The summed E-state index contributed by atoms with van der Waals surface area (Å²) in [4.78, 5) is 5.81. The summed E-state index contributed by atoms with van der Waals surface area (Å²) in [6.45, 7) is 2.45. The molecule has 0 aliphatic carbocycles. The van der Waals surface area contributed by atoms with Gasteiger partial charge in [0.05, 0.1) is 0 Å². The van der Waals surface area contributed by atoms with Gasteiger partial charge < -0.3 is 9.88 Å². The van der Waals surface area contributed by atoms with E-state index in [4.69, 9.17) is 0 Å². The topological polar surface area (TPSA) is 19.0 Å². The Morgan fingerprint density at radius 1 is 1.11 bits per heavy atom. The first-order chi connectivity index (χ1) is 7.84. The summed E-state index contributed by atoms with van der Waals surface area (Å²) in [5, 5.41) is 1.41. The summed E-state index contributed by atoms with van der Waals surface area (Å²) in [5.41, 5.74) is 2.79. The van der Waals surface area contributed by atoms with E-state index in [0.29, 0.717) is 0 Å². The highest BCUT2D eigenvalue weighted by molar-refractivity contribution is 5.85. The van der Waals surface area contributed by atoms with Crippen molar-refractivity contribution in [3.63, 3.8) is 0 Å². The highest BCUT2D eigenvalue weighted by Crippen LogP contribution is 2.32. The van der Waals surface area contributed by atoms with Crippen LogP contribution in [0.1, 0.15) is 24.3 Å². The number of aromatic amines is 1. The Morgan fingerprint density at radius 3 is 2.50 bits per heavy atom. The van der Waals surface area contributed by atoms with Gasteiger partial charge >= 0.3 is 0 Å². The maximum atomic E-state index is 3.38. The van der Waals surface area contributed by atoms with Crippen molar-refractivity contribution in [2.75, 3.05) is 20.1 Å². The third-order valence-electron chi connectivity index (χ3n) is 3.78. The molecule has 3 rings (SSSR count). The second-order valence-corrected chi connectivity index (χ2v) is 4.87. The number of nitrogens with zero attached hydrogens (tertiary/aromatic N) is 1. The van der Waals surface area contributed by atoms with E-state index in [0.717, 1.165) is 5.92 Å². The van der Waals surface area contributed by atoms with Crippen molar-refractivity contribution < 1.29 is 0 Å². The van der Waals surface area contributed by atoms with Crippen LogP contribution < -0.4 is 0 Å². The molecule has 1 fully saturated rings. The van der Waals surface area contributed by atoms with Gasteiger partial charge in [0.2, 0.25) is 0 Å². The first-order valence-electron chi connectivity index (χ1n) is 6.09. The van der Waals surface area contributed by atoms with Gasteiger partial charge in [0.15, 0.2) is 0 Å². The first-order valence-corrected chi connectivity index (χ1v) is 6.09. The Balaban J connectivity index is 0.000000810. The van der Waals surface area contributed by atoms with E-state index in [1.165, 1.54) is 42.4 Å². The smallest absolute Gasteiger partial charge is 0.0456 e. The Morgan fingerprint density at radius 2 is 1.78 bits per heavy atom. The fourth-order valence-corrected chi connectivity index (χ4v) is 2.75. The number of nitrogens with one attached hydrogen (secondary N) is 1. The molecule has 1 aliphatic heterocycles. The van der Waals surface area contributed by atoms with Crippen molar-refractivity contribution in [3.05, 3.63) is 36.0 Å². The lowest BCUT2D eigenvalue weighted by atomic mass is 9.89. The highest BCUT2D eigenvalue weighted by atomic mass is 35.5. The molecule has 0 spiro atoms. The number of likely N-dealkylation sites (tertiary alicyclic amines) is 1. The molecule has 0 saturated carbocycles. The standard InChI is InChI=1S/C14H18N2.2ClH/c1-16-8-6-11(7-9-16)13-10-15-14-5-3-2-4-12(13)14;;/h2-5,10-11,15H,6-9H2,1H3;2*1H. The van der Waals surface area contributed by atoms with Gasteiger partial charge in [-0.1, -0.05) is 18.2 Å². The Bertz CT molecular complexity index is 487. The second-order valence-electron chi connectivity index (χ2n) is 4.87. The number of H-pyrrole nitrogens is 1. The Kier molecular flexibility index (Phi) is 5.51. The van der Waals surface area contributed by atoms with E-state index in [1.54, 1.807) is 0 Å². The summed E-state index contributed by atoms with van der Waals surface area (Å²) in [5.74, 6) is 0.743. The molecular formula is C14H20Cl2N2. The largest absolute Gasteiger partial charge is 0.361 e. The number of para-hydroxylation sites is 1.